The van der Waals surface area contributed by atoms with Crippen molar-refractivity contribution in [1.29, 1.82) is 0 Å². The van der Waals surface area contributed by atoms with Crippen LogP contribution in [0.3, 0.4) is 0 Å². The summed E-state index contributed by atoms with van der Waals surface area (Å²) < 4.78 is 0. The molecule has 1 N–H and O–H groups in total. The molecule has 1 aromatic carbocycles. The zero-order chi connectivity index (χ0) is 15.2. The molecule has 0 unspecified atom stereocenters. The number of pyridine rings is 1. The summed E-state index contributed by atoms with van der Waals surface area (Å²) in [5.41, 5.74) is 1.84. The minimum atomic E-state index is 0.0864. The molecule has 22 heavy (non-hydrogen) atoms. The maximum atomic E-state index is 12.7. The summed E-state index contributed by atoms with van der Waals surface area (Å²) in [6, 6.07) is 13.8. The fourth-order valence-corrected chi connectivity index (χ4v) is 2.77. The Bertz CT molecular complexity index is 621. The molecule has 0 radical (unpaired) electrons. The van der Waals surface area contributed by atoms with Gasteiger partial charge in [0.1, 0.15) is 5.82 Å². The third-order valence-electron chi connectivity index (χ3n) is 3.98. The van der Waals surface area contributed by atoms with Crippen molar-refractivity contribution in [3.05, 3.63) is 59.8 Å². The van der Waals surface area contributed by atoms with Gasteiger partial charge in [0.05, 0.1) is 5.56 Å². The van der Waals surface area contributed by atoms with E-state index in [-0.39, 0.29) is 5.91 Å². The topological polar surface area (TPSA) is 45.2 Å². The van der Waals surface area contributed by atoms with Crippen molar-refractivity contribution in [2.24, 2.45) is 0 Å². The summed E-state index contributed by atoms with van der Waals surface area (Å²) in [6.45, 7) is 2.37. The number of carbonyl (C=O) groups excluding carboxylic acids is 1. The van der Waals surface area contributed by atoms with Crippen LogP contribution in [-0.4, -0.2) is 28.9 Å². The third-order valence-corrected chi connectivity index (χ3v) is 3.98. The first-order chi connectivity index (χ1) is 10.8. The van der Waals surface area contributed by atoms with E-state index in [9.17, 15) is 4.79 Å². The lowest BCUT2D eigenvalue weighted by Gasteiger charge is -2.27. The molecule has 1 aliphatic heterocycles. The van der Waals surface area contributed by atoms with Gasteiger partial charge in [-0.1, -0.05) is 30.3 Å². The van der Waals surface area contributed by atoms with Gasteiger partial charge in [-0.2, -0.15) is 0 Å². The minimum Gasteiger partial charge on any atom is -0.365 e. The molecule has 114 valence electrons. The van der Waals surface area contributed by atoms with Crippen LogP contribution in [0.15, 0.2) is 48.7 Å². The van der Waals surface area contributed by atoms with Crippen molar-refractivity contribution < 1.29 is 4.79 Å². The molecule has 0 aliphatic carbocycles. The van der Waals surface area contributed by atoms with Gasteiger partial charge in [-0.25, -0.2) is 4.98 Å². The number of hydrogen-bond acceptors (Lipinski definition) is 3. The first kappa shape index (κ1) is 14.6. The normalized spacial score (nSPS) is 14.6. The Labute approximate surface area is 131 Å². The van der Waals surface area contributed by atoms with Crippen LogP contribution in [0.4, 0.5) is 5.82 Å². The lowest BCUT2D eigenvalue weighted by Crippen LogP contribution is -2.36. The van der Waals surface area contributed by atoms with E-state index in [1.807, 2.05) is 35.2 Å². The summed E-state index contributed by atoms with van der Waals surface area (Å²) in [7, 11) is 0. The molecule has 2 aromatic rings. The second-order valence-corrected chi connectivity index (χ2v) is 5.59. The quantitative estimate of drug-likeness (QED) is 0.941. The van der Waals surface area contributed by atoms with Gasteiger partial charge in [0, 0.05) is 25.8 Å². The highest BCUT2D eigenvalue weighted by Gasteiger charge is 2.21. The van der Waals surface area contributed by atoms with Crippen LogP contribution in [0.5, 0.6) is 0 Å². The monoisotopic (exact) mass is 295 g/mol. The van der Waals surface area contributed by atoms with Crippen molar-refractivity contribution in [3.63, 3.8) is 0 Å². The molecule has 4 heteroatoms. The molecule has 1 amide bonds. The highest BCUT2D eigenvalue weighted by atomic mass is 16.2. The van der Waals surface area contributed by atoms with Crippen molar-refractivity contribution in [3.8, 4) is 0 Å². The Morgan fingerprint density at radius 3 is 2.59 bits per heavy atom. The Morgan fingerprint density at radius 2 is 1.82 bits per heavy atom. The molecule has 4 nitrogen and oxygen atoms in total. The van der Waals surface area contributed by atoms with Gasteiger partial charge in [0.25, 0.3) is 5.91 Å². The van der Waals surface area contributed by atoms with Crippen LogP contribution in [0, 0.1) is 0 Å². The zero-order valence-corrected chi connectivity index (χ0v) is 12.7. The van der Waals surface area contributed by atoms with E-state index in [4.69, 9.17) is 0 Å². The van der Waals surface area contributed by atoms with E-state index in [0.717, 1.165) is 25.9 Å². The van der Waals surface area contributed by atoms with Gasteiger partial charge in [-0.05, 0) is 37.0 Å². The molecule has 3 rings (SSSR count). The first-order valence-corrected chi connectivity index (χ1v) is 7.87. The largest absolute Gasteiger partial charge is 0.365 e. The number of nitrogens with one attached hydrogen (secondary N) is 1. The fourth-order valence-electron chi connectivity index (χ4n) is 2.77. The second-order valence-electron chi connectivity index (χ2n) is 5.59. The number of aromatic nitrogens is 1. The Balaban J connectivity index is 1.73. The summed E-state index contributed by atoms with van der Waals surface area (Å²) in [5, 5.41) is 3.29. The van der Waals surface area contributed by atoms with Crippen LogP contribution in [0.2, 0.25) is 0 Å². The van der Waals surface area contributed by atoms with Crippen LogP contribution < -0.4 is 5.32 Å². The first-order valence-electron chi connectivity index (χ1n) is 7.87. The van der Waals surface area contributed by atoms with E-state index >= 15 is 0 Å². The Morgan fingerprint density at radius 1 is 1.05 bits per heavy atom. The number of benzene rings is 1. The number of anilines is 1. The van der Waals surface area contributed by atoms with Gasteiger partial charge >= 0.3 is 0 Å². The van der Waals surface area contributed by atoms with Gasteiger partial charge < -0.3 is 10.2 Å². The lowest BCUT2D eigenvalue weighted by atomic mass is 10.1. The summed E-state index contributed by atoms with van der Waals surface area (Å²) >= 11 is 0. The summed E-state index contributed by atoms with van der Waals surface area (Å²) in [5.74, 6) is 0.755. The molecule has 0 bridgehead atoms. The van der Waals surface area contributed by atoms with Gasteiger partial charge in [0.2, 0.25) is 0 Å². The number of likely N-dealkylation sites (tertiary alicyclic amines) is 1. The number of amides is 1. The van der Waals surface area contributed by atoms with E-state index < -0.39 is 0 Å². The predicted octanol–water partition coefficient (Wildman–Crippen LogP) is 3.32. The SMILES string of the molecule is O=C(c1cccnc1NCc1ccccc1)N1CCCCC1. The second kappa shape index (κ2) is 7.07. The highest BCUT2D eigenvalue weighted by molar-refractivity contribution is 5.98. The molecule has 1 saturated heterocycles. The molecule has 2 heterocycles. The average molecular weight is 295 g/mol. The van der Waals surface area contributed by atoms with E-state index in [1.54, 1.807) is 6.20 Å². The third kappa shape index (κ3) is 3.45. The summed E-state index contributed by atoms with van der Waals surface area (Å²) in [6.07, 6.45) is 5.13. The molecule has 1 aliphatic rings. The molecule has 0 atom stereocenters. The van der Waals surface area contributed by atoms with Crippen LogP contribution >= 0.6 is 0 Å². The van der Waals surface area contributed by atoms with Gasteiger partial charge in [-0.3, -0.25) is 4.79 Å². The molecular formula is C18H21N3O. The van der Waals surface area contributed by atoms with E-state index in [1.165, 1.54) is 12.0 Å². The molecule has 1 fully saturated rings. The van der Waals surface area contributed by atoms with Crippen LogP contribution in [-0.2, 0) is 6.54 Å². The van der Waals surface area contributed by atoms with Crippen molar-refractivity contribution in [2.45, 2.75) is 25.8 Å². The average Bonchev–Trinajstić information content (AvgIpc) is 2.61. The lowest BCUT2D eigenvalue weighted by molar-refractivity contribution is 0.0725. The highest BCUT2D eigenvalue weighted by Crippen LogP contribution is 2.18. The number of piperidine rings is 1. The van der Waals surface area contributed by atoms with E-state index in [0.29, 0.717) is 17.9 Å². The maximum absolute atomic E-state index is 12.7. The number of rotatable bonds is 4. The Hall–Kier alpha value is -2.36. The minimum absolute atomic E-state index is 0.0864. The number of carbonyl (C=O) groups is 1. The number of hydrogen-bond donors (Lipinski definition) is 1. The molecular weight excluding hydrogens is 274 g/mol. The zero-order valence-electron chi connectivity index (χ0n) is 12.7. The van der Waals surface area contributed by atoms with E-state index in [2.05, 4.69) is 22.4 Å². The van der Waals surface area contributed by atoms with Crippen molar-refractivity contribution in [1.82, 2.24) is 9.88 Å². The van der Waals surface area contributed by atoms with Crippen molar-refractivity contribution >= 4 is 11.7 Å². The van der Waals surface area contributed by atoms with Crippen LogP contribution in [0.25, 0.3) is 0 Å². The maximum Gasteiger partial charge on any atom is 0.257 e. The fraction of sp³-hybridized carbons (Fsp3) is 0.333. The standard InChI is InChI=1S/C18H21N3O/c22-18(21-12-5-2-6-13-21)16-10-7-11-19-17(16)20-14-15-8-3-1-4-9-15/h1,3-4,7-11H,2,5-6,12-14H2,(H,19,20). The predicted molar refractivity (Wildman–Crippen MR) is 87.8 cm³/mol. The molecule has 0 saturated carbocycles. The Kier molecular flexibility index (Phi) is 4.68. The smallest absolute Gasteiger partial charge is 0.257 e. The molecule has 0 spiro atoms. The number of nitrogens with zero attached hydrogens (tertiary/aromatic N) is 2. The summed E-state index contributed by atoms with van der Waals surface area (Å²) in [4.78, 5) is 19.0. The van der Waals surface area contributed by atoms with Gasteiger partial charge in [-0.15, -0.1) is 0 Å². The van der Waals surface area contributed by atoms with Gasteiger partial charge in [0.15, 0.2) is 0 Å². The van der Waals surface area contributed by atoms with Crippen molar-refractivity contribution in [2.75, 3.05) is 18.4 Å². The molecule has 1 aromatic heterocycles. The van der Waals surface area contributed by atoms with Crippen LogP contribution in [0.1, 0.15) is 35.2 Å².